The van der Waals surface area contributed by atoms with E-state index in [0.29, 0.717) is 4.47 Å². The van der Waals surface area contributed by atoms with E-state index in [1.807, 2.05) is 6.92 Å². The number of pyridine rings is 1. The Balaban J connectivity index is 2.38. The quantitative estimate of drug-likeness (QED) is 0.908. The maximum Gasteiger partial charge on any atom is 0.264 e. The molecule has 0 saturated carbocycles. The van der Waals surface area contributed by atoms with Gasteiger partial charge in [-0.05, 0) is 42.8 Å². The Morgan fingerprint density at radius 2 is 2.00 bits per heavy atom. The topological polar surface area (TPSA) is 59.1 Å². The van der Waals surface area contributed by atoms with E-state index in [2.05, 4.69) is 25.6 Å². The van der Waals surface area contributed by atoms with Gasteiger partial charge in [-0.1, -0.05) is 27.5 Å². The third-order valence-corrected chi connectivity index (χ3v) is 4.67. The summed E-state index contributed by atoms with van der Waals surface area (Å²) in [5.41, 5.74) is 0.912. The van der Waals surface area contributed by atoms with Crippen molar-refractivity contribution >= 4 is 43.4 Å². The Labute approximate surface area is 125 Å². The number of halogens is 2. The van der Waals surface area contributed by atoms with E-state index < -0.39 is 10.0 Å². The van der Waals surface area contributed by atoms with Gasteiger partial charge in [-0.3, -0.25) is 4.72 Å². The van der Waals surface area contributed by atoms with Crippen molar-refractivity contribution in [3.05, 3.63) is 51.6 Å². The maximum atomic E-state index is 12.2. The van der Waals surface area contributed by atoms with Gasteiger partial charge in [0.25, 0.3) is 10.0 Å². The van der Waals surface area contributed by atoms with Crippen molar-refractivity contribution in [2.45, 2.75) is 11.8 Å². The SMILES string of the molecule is Cc1ccnc(NS(=O)(=O)c2ccc(Br)cc2Cl)c1. The Hall–Kier alpha value is -1.11. The van der Waals surface area contributed by atoms with E-state index in [9.17, 15) is 8.42 Å². The second kappa shape index (κ2) is 5.48. The van der Waals surface area contributed by atoms with Gasteiger partial charge in [0, 0.05) is 10.7 Å². The fraction of sp³-hybridized carbons (Fsp3) is 0.0833. The highest BCUT2D eigenvalue weighted by Crippen LogP contribution is 2.26. The molecule has 0 saturated heterocycles. The number of hydrogen-bond donors (Lipinski definition) is 1. The van der Waals surface area contributed by atoms with Gasteiger partial charge in [0.1, 0.15) is 10.7 Å². The number of rotatable bonds is 3. The van der Waals surface area contributed by atoms with Crippen LogP contribution in [-0.2, 0) is 10.0 Å². The van der Waals surface area contributed by atoms with Crippen LogP contribution in [0.25, 0.3) is 0 Å². The lowest BCUT2D eigenvalue weighted by atomic mass is 10.3. The van der Waals surface area contributed by atoms with Gasteiger partial charge in [0.05, 0.1) is 5.02 Å². The molecule has 1 heterocycles. The summed E-state index contributed by atoms with van der Waals surface area (Å²) in [6.45, 7) is 1.85. The highest BCUT2D eigenvalue weighted by Gasteiger charge is 2.18. The van der Waals surface area contributed by atoms with E-state index in [-0.39, 0.29) is 15.7 Å². The van der Waals surface area contributed by atoms with Crippen molar-refractivity contribution in [2.24, 2.45) is 0 Å². The zero-order chi connectivity index (χ0) is 14.0. The van der Waals surface area contributed by atoms with E-state index in [1.165, 1.54) is 18.3 Å². The number of benzene rings is 1. The fourth-order valence-corrected chi connectivity index (χ4v) is 3.52. The first-order valence-corrected chi connectivity index (χ1v) is 7.94. The van der Waals surface area contributed by atoms with Gasteiger partial charge in [0.15, 0.2) is 0 Å². The molecule has 0 unspecified atom stereocenters. The van der Waals surface area contributed by atoms with Crippen molar-refractivity contribution in [3.63, 3.8) is 0 Å². The minimum absolute atomic E-state index is 0.0145. The summed E-state index contributed by atoms with van der Waals surface area (Å²) in [5, 5.41) is 0.148. The first kappa shape index (κ1) is 14.3. The van der Waals surface area contributed by atoms with Gasteiger partial charge >= 0.3 is 0 Å². The zero-order valence-corrected chi connectivity index (χ0v) is 13.1. The number of aromatic nitrogens is 1. The largest absolute Gasteiger partial charge is 0.264 e. The molecule has 1 aromatic carbocycles. The first-order valence-electron chi connectivity index (χ1n) is 5.29. The molecule has 4 nitrogen and oxygen atoms in total. The molecule has 0 atom stereocenters. The lowest BCUT2D eigenvalue weighted by molar-refractivity contribution is 0.601. The minimum Gasteiger partial charge on any atom is -0.263 e. The van der Waals surface area contributed by atoms with Gasteiger partial charge in [-0.25, -0.2) is 13.4 Å². The van der Waals surface area contributed by atoms with Crippen molar-refractivity contribution in [3.8, 4) is 0 Å². The van der Waals surface area contributed by atoms with E-state index in [1.54, 1.807) is 18.2 Å². The Morgan fingerprint density at radius 3 is 2.63 bits per heavy atom. The Morgan fingerprint density at radius 1 is 1.26 bits per heavy atom. The highest BCUT2D eigenvalue weighted by atomic mass is 79.9. The monoisotopic (exact) mass is 360 g/mol. The molecule has 7 heteroatoms. The van der Waals surface area contributed by atoms with Crippen LogP contribution in [0.5, 0.6) is 0 Å². The molecule has 0 bridgehead atoms. The number of anilines is 1. The average molecular weight is 362 g/mol. The van der Waals surface area contributed by atoms with Crippen LogP contribution < -0.4 is 4.72 Å². The van der Waals surface area contributed by atoms with Gasteiger partial charge in [-0.2, -0.15) is 0 Å². The summed E-state index contributed by atoms with van der Waals surface area (Å²) in [6, 6.07) is 8.00. The lowest BCUT2D eigenvalue weighted by Gasteiger charge is -2.09. The van der Waals surface area contributed by atoms with Crippen molar-refractivity contribution < 1.29 is 8.42 Å². The molecule has 0 aliphatic rings. The second-order valence-electron chi connectivity index (χ2n) is 3.90. The summed E-state index contributed by atoms with van der Waals surface area (Å²) in [4.78, 5) is 3.97. The molecule has 0 aliphatic carbocycles. The number of hydrogen-bond acceptors (Lipinski definition) is 3. The number of sulfonamides is 1. The minimum atomic E-state index is -3.74. The maximum absolute atomic E-state index is 12.2. The van der Waals surface area contributed by atoms with E-state index in [4.69, 9.17) is 11.6 Å². The lowest BCUT2D eigenvalue weighted by Crippen LogP contribution is -2.14. The first-order chi connectivity index (χ1) is 8.88. The Kier molecular flexibility index (Phi) is 4.13. The predicted molar refractivity (Wildman–Crippen MR) is 78.9 cm³/mol. The van der Waals surface area contributed by atoms with Crippen LogP contribution >= 0.6 is 27.5 Å². The normalized spacial score (nSPS) is 11.3. The van der Waals surface area contributed by atoms with E-state index in [0.717, 1.165) is 5.56 Å². The zero-order valence-electron chi connectivity index (χ0n) is 9.89. The molecule has 2 aromatic rings. The smallest absolute Gasteiger partial charge is 0.263 e. The highest BCUT2D eigenvalue weighted by molar-refractivity contribution is 9.10. The molecule has 0 aliphatic heterocycles. The summed E-state index contributed by atoms with van der Waals surface area (Å²) in [6.07, 6.45) is 1.54. The second-order valence-corrected chi connectivity index (χ2v) is 6.87. The average Bonchev–Trinajstić information content (AvgIpc) is 2.27. The van der Waals surface area contributed by atoms with Crippen LogP contribution in [0.3, 0.4) is 0 Å². The molecule has 0 spiro atoms. The molecule has 1 aromatic heterocycles. The third kappa shape index (κ3) is 3.46. The van der Waals surface area contributed by atoms with E-state index >= 15 is 0 Å². The van der Waals surface area contributed by atoms with Crippen molar-refractivity contribution in [1.82, 2.24) is 4.98 Å². The van der Waals surface area contributed by atoms with Crippen LogP contribution in [-0.4, -0.2) is 13.4 Å². The molecular formula is C12H10BrClN2O2S. The summed E-state index contributed by atoms with van der Waals surface area (Å²) in [5.74, 6) is 0.263. The molecule has 100 valence electrons. The number of nitrogens with one attached hydrogen (secondary N) is 1. The van der Waals surface area contributed by atoms with Crippen molar-refractivity contribution in [1.29, 1.82) is 0 Å². The van der Waals surface area contributed by atoms with Crippen LogP contribution in [0.2, 0.25) is 5.02 Å². The van der Waals surface area contributed by atoms with Gasteiger partial charge in [-0.15, -0.1) is 0 Å². The number of aryl methyl sites for hydroxylation is 1. The van der Waals surface area contributed by atoms with Crippen LogP contribution in [0.15, 0.2) is 45.9 Å². The summed E-state index contributed by atoms with van der Waals surface area (Å²) < 4.78 is 27.5. The van der Waals surface area contributed by atoms with Crippen LogP contribution in [0.1, 0.15) is 5.56 Å². The van der Waals surface area contributed by atoms with Crippen LogP contribution in [0, 0.1) is 6.92 Å². The third-order valence-electron chi connectivity index (χ3n) is 2.34. The van der Waals surface area contributed by atoms with Crippen molar-refractivity contribution in [2.75, 3.05) is 4.72 Å². The standard InChI is InChI=1S/C12H10BrClN2O2S/c1-8-4-5-15-12(6-8)16-19(17,18)11-3-2-9(13)7-10(11)14/h2-7H,1H3,(H,15,16). The Bertz CT molecular complexity index is 719. The molecule has 19 heavy (non-hydrogen) atoms. The van der Waals surface area contributed by atoms with Gasteiger partial charge in [0.2, 0.25) is 0 Å². The van der Waals surface area contributed by atoms with Gasteiger partial charge < -0.3 is 0 Å². The predicted octanol–water partition coefficient (Wildman–Crippen LogP) is 3.61. The molecule has 1 N–H and O–H groups in total. The molecule has 0 fully saturated rings. The fourth-order valence-electron chi connectivity index (χ4n) is 1.48. The molecule has 0 radical (unpaired) electrons. The summed E-state index contributed by atoms with van der Waals surface area (Å²) in [7, 11) is -3.74. The number of nitrogens with zero attached hydrogens (tertiary/aromatic N) is 1. The molecule has 0 amide bonds. The summed E-state index contributed by atoms with van der Waals surface area (Å²) >= 11 is 9.17. The molecule has 2 rings (SSSR count). The molecular weight excluding hydrogens is 352 g/mol. The van der Waals surface area contributed by atoms with Crippen LogP contribution in [0.4, 0.5) is 5.82 Å².